The van der Waals surface area contributed by atoms with E-state index < -0.39 is 92.7 Å². The molecule has 27 heteroatoms. The van der Waals surface area contributed by atoms with Gasteiger partial charge < -0.3 is 47.0 Å². The number of nitrogens with zero attached hydrogens (tertiary/aromatic N) is 2. The van der Waals surface area contributed by atoms with E-state index >= 15 is 0 Å². The van der Waals surface area contributed by atoms with Gasteiger partial charge in [-0.2, -0.15) is 4.58 Å². The Labute approximate surface area is 423 Å². The second kappa shape index (κ2) is 21.8. The molecule has 1 atom stereocenters. The molecule has 0 amide bonds. The van der Waals surface area contributed by atoms with Gasteiger partial charge in [-0.05, 0) is 111 Å². The monoisotopic (exact) mass is 1110 g/mol. The van der Waals surface area contributed by atoms with Crippen molar-refractivity contribution < 1.29 is 93.5 Å². The lowest BCUT2D eigenvalue weighted by molar-refractivity contribution is -0.438. The molecule has 0 aromatic heterocycles. The molecule has 400 valence electrons. The second-order valence-corrected chi connectivity index (χ2v) is 25.1. The Morgan fingerprint density at radius 1 is 0.671 bits per heavy atom. The number of rotatable bonds is 25. The van der Waals surface area contributed by atoms with E-state index in [1.807, 2.05) is 4.58 Å². The topological polar surface area (TPSA) is 357 Å². The highest BCUT2D eigenvalue weighted by molar-refractivity contribution is 7.87. The van der Waals surface area contributed by atoms with E-state index in [2.05, 4.69) is 0 Å². The smallest absolute Gasteiger partial charge is 0.303 e. The van der Waals surface area contributed by atoms with E-state index in [0.29, 0.717) is 66.3 Å². The molecular weight excluding hydrogens is 1060 g/mol. The zero-order valence-corrected chi connectivity index (χ0v) is 44.0. The van der Waals surface area contributed by atoms with E-state index in [1.165, 1.54) is 31.4 Å². The van der Waals surface area contributed by atoms with Gasteiger partial charge in [0.25, 0.3) is 0 Å². The Morgan fingerprint density at radius 2 is 1.22 bits per heavy atom. The molecule has 0 radical (unpaired) electrons. The van der Waals surface area contributed by atoms with Crippen LogP contribution in [0.15, 0.2) is 92.0 Å². The molecule has 4 aromatic rings. The van der Waals surface area contributed by atoms with E-state index in [1.54, 1.807) is 43.9 Å². The van der Waals surface area contributed by atoms with Gasteiger partial charge in [-0.25, -0.2) is 42.1 Å². The van der Waals surface area contributed by atoms with Crippen LogP contribution in [0.4, 0.5) is 11.4 Å². The van der Waals surface area contributed by atoms with Crippen molar-refractivity contribution >= 4 is 95.2 Å². The maximum Gasteiger partial charge on any atom is 0.303 e. The van der Waals surface area contributed by atoms with Crippen molar-refractivity contribution in [2.75, 3.05) is 63.9 Å². The molecule has 73 heavy (non-hydrogen) atoms. The molecule has 2 aliphatic heterocycles. The quantitative estimate of drug-likeness (QED) is 0.0559. The lowest BCUT2D eigenvalue weighted by Crippen LogP contribution is -2.32. The first-order chi connectivity index (χ1) is 33.8. The maximum absolute atomic E-state index is 12.7. The summed E-state index contributed by atoms with van der Waals surface area (Å²) in [5.41, 5.74) is -0.577. The van der Waals surface area contributed by atoms with Crippen LogP contribution >= 0.6 is 0 Å². The van der Waals surface area contributed by atoms with Crippen LogP contribution in [0.2, 0.25) is 0 Å². The highest BCUT2D eigenvalue weighted by Crippen LogP contribution is 2.54. The van der Waals surface area contributed by atoms with Crippen molar-refractivity contribution in [1.29, 1.82) is 0 Å². The Hall–Kier alpha value is -4.75. The number of allylic oxidation sites excluding steroid dienone is 4. The number of hydrogen-bond donors (Lipinski definition) is 1. The number of carboxylic acids is 1. The van der Waals surface area contributed by atoms with Gasteiger partial charge in [0.1, 0.15) is 47.0 Å². The van der Waals surface area contributed by atoms with Gasteiger partial charge in [0.05, 0.1) is 68.1 Å². The number of aliphatic carboxylic acids is 1. The lowest BCUT2D eigenvalue weighted by Gasteiger charge is -2.31. The molecule has 0 spiro atoms. The van der Waals surface area contributed by atoms with Gasteiger partial charge in [0.15, 0.2) is 5.71 Å². The average molecular weight is 1110 g/mol. The minimum Gasteiger partial charge on any atom is -0.748 e. The fourth-order valence-corrected chi connectivity index (χ4v) is 12.9. The molecule has 2 heterocycles. The van der Waals surface area contributed by atoms with Crippen molar-refractivity contribution in [3.63, 3.8) is 0 Å². The molecule has 22 nitrogen and oxygen atoms in total. The standard InChI is InChI=1S/C46H56N2O20S5/c1-45(2)40(47(18-7-5-6-12-42(49)50)36-15-13-32-34(43(36)45)26-30(70(54,55)56)28-38(32)72(60,61)62)10-8-11-41-46(3,17-9-25-69(51,52)53)44-35-27-31(71(57,58)59)29-39(73(63,64)65)33(35)14-16-37(44)48(41)19-20-67-23-24-68-22-21-66-4/h8,10-11,13-16,26-29H,5-7,9,12,17-25H2,1-4H3,(H5-,49,50,51,52,53,54,55,56,57,58,59,60,61,62,63,64,65)/p-4. The molecular formula is C46H52N2O20S5-4. The summed E-state index contributed by atoms with van der Waals surface area (Å²) < 4.78 is 205. The number of unbranched alkanes of at least 4 members (excludes halogenated alkanes) is 2. The van der Waals surface area contributed by atoms with Crippen LogP contribution in [0.1, 0.15) is 70.4 Å². The van der Waals surface area contributed by atoms with E-state index in [4.69, 9.17) is 14.2 Å². The number of carbonyl (C=O) groups is 1. The van der Waals surface area contributed by atoms with Gasteiger partial charge in [0.2, 0.25) is 5.69 Å². The molecule has 0 bridgehead atoms. The van der Waals surface area contributed by atoms with Crippen LogP contribution in [0, 0.1) is 0 Å². The van der Waals surface area contributed by atoms with E-state index in [0.717, 1.165) is 12.1 Å². The molecule has 0 fully saturated rings. The fourth-order valence-electron chi connectivity index (χ4n) is 9.75. The number of benzene rings is 4. The van der Waals surface area contributed by atoms with Crippen LogP contribution in [-0.2, 0) is 80.4 Å². The van der Waals surface area contributed by atoms with Crippen LogP contribution < -0.4 is 4.90 Å². The highest BCUT2D eigenvalue weighted by Gasteiger charge is 2.47. The predicted molar refractivity (Wildman–Crippen MR) is 258 cm³/mol. The first-order valence-electron chi connectivity index (χ1n) is 22.5. The number of fused-ring (bicyclic) bond motifs is 6. The number of hydrogen-bond acceptors (Lipinski definition) is 20. The van der Waals surface area contributed by atoms with Crippen LogP contribution in [-0.4, -0.2) is 145 Å². The van der Waals surface area contributed by atoms with Crippen molar-refractivity contribution in [2.24, 2.45) is 0 Å². The van der Waals surface area contributed by atoms with Crippen LogP contribution in [0.5, 0.6) is 0 Å². The number of carboxylic acid groups (broad SMARTS) is 1. The van der Waals surface area contributed by atoms with Gasteiger partial charge in [-0.1, -0.05) is 12.1 Å². The van der Waals surface area contributed by atoms with Crippen molar-refractivity contribution in [3.05, 3.63) is 83.6 Å². The minimum atomic E-state index is -5.45. The van der Waals surface area contributed by atoms with Gasteiger partial charge >= 0.3 is 5.97 Å². The largest absolute Gasteiger partial charge is 0.748 e. The van der Waals surface area contributed by atoms with E-state index in [-0.39, 0.29) is 85.9 Å². The second-order valence-electron chi connectivity index (χ2n) is 18.1. The van der Waals surface area contributed by atoms with Gasteiger partial charge in [0, 0.05) is 72.1 Å². The first-order valence-corrected chi connectivity index (χ1v) is 29.7. The van der Waals surface area contributed by atoms with Gasteiger partial charge in [-0.15, -0.1) is 0 Å². The molecule has 6 rings (SSSR count). The summed E-state index contributed by atoms with van der Waals surface area (Å²) >= 11 is 0. The molecule has 1 unspecified atom stereocenters. The SMILES string of the molecule is COCCOCCOCCN1/C(=C/C=C/C2=[N+](CCCCCC(=O)O)c3ccc4c(S(=O)(=O)[O-])cc(S(=O)(=O)[O-])cc4c3C2(C)C)C(C)(CCCS(=O)(=O)[O-])c2c1ccc1c(S(=O)(=O)[O-])cc(S(=O)(=O)[O-])cc21. The molecule has 0 saturated carbocycles. The van der Waals surface area contributed by atoms with E-state index in [9.17, 15) is 74.8 Å². The molecule has 0 saturated heterocycles. The number of ether oxygens (including phenoxy) is 3. The van der Waals surface area contributed by atoms with Crippen molar-refractivity contribution in [1.82, 2.24) is 0 Å². The molecule has 2 aliphatic rings. The fraction of sp³-hybridized carbons (Fsp3) is 0.435. The predicted octanol–water partition coefficient (Wildman–Crippen LogP) is 3.85. The number of methoxy groups -OCH3 is 1. The molecule has 0 aliphatic carbocycles. The lowest BCUT2D eigenvalue weighted by atomic mass is 9.75. The van der Waals surface area contributed by atoms with Crippen molar-refractivity contribution in [3.8, 4) is 0 Å². The summed E-state index contributed by atoms with van der Waals surface area (Å²) in [4.78, 5) is 9.09. The third kappa shape index (κ3) is 12.9. The Kier molecular flexibility index (Phi) is 17.2. The summed E-state index contributed by atoms with van der Waals surface area (Å²) in [7, 11) is -24.8. The summed E-state index contributed by atoms with van der Waals surface area (Å²) in [5.74, 6) is -1.86. The summed E-state index contributed by atoms with van der Waals surface area (Å²) in [6, 6.07) is 8.49. The van der Waals surface area contributed by atoms with Crippen molar-refractivity contribution in [2.45, 2.75) is 89.7 Å². The third-order valence-electron chi connectivity index (χ3n) is 12.9. The maximum atomic E-state index is 12.7. The Bertz CT molecular complexity index is 3520. The van der Waals surface area contributed by atoms with Gasteiger partial charge in [-0.3, -0.25) is 4.79 Å². The van der Waals surface area contributed by atoms with Crippen LogP contribution in [0.25, 0.3) is 21.5 Å². The van der Waals surface area contributed by atoms with Crippen LogP contribution in [0.3, 0.4) is 0 Å². The summed E-state index contributed by atoms with van der Waals surface area (Å²) in [6.07, 6.45) is 5.46. The highest BCUT2D eigenvalue weighted by atomic mass is 32.2. The minimum absolute atomic E-state index is 0.00304. The third-order valence-corrected chi connectivity index (χ3v) is 17.0. The first kappa shape index (κ1) is 57.5. The zero-order chi connectivity index (χ0) is 54.1. The Balaban J connectivity index is 1.60. The summed E-state index contributed by atoms with van der Waals surface area (Å²) in [6.45, 7) is 6.24. The number of anilines is 1. The Morgan fingerprint density at radius 3 is 1.75 bits per heavy atom. The average Bonchev–Trinajstić information content (AvgIpc) is 3.63. The molecule has 1 N–H and O–H groups in total. The normalized spacial score (nSPS) is 17.9. The summed E-state index contributed by atoms with van der Waals surface area (Å²) in [5, 5.41) is 8.68. The molecule has 4 aromatic carbocycles. The zero-order valence-electron chi connectivity index (χ0n) is 39.9.